The number of hydrogen-bond donors (Lipinski definition) is 1. The molecule has 1 saturated heterocycles. The largest absolute Gasteiger partial charge is 0.381 e. The molecular formula is C15H23N3O2. The quantitative estimate of drug-likeness (QED) is 0.844. The summed E-state index contributed by atoms with van der Waals surface area (Å²) in [6, 6.07) is 3.83. The van der Waals surface area contributed by atoms with Crippen molar-refractivity contribution in [3.05, 3.63) is 30.1 Å². The molecule has 0 saturated carbocycles. The van der Waals surface area contributed by atoms with Crippen molar-refractivity contribution >= 4 is 5.91 Å². The highest BCUT2D eigenvalue weighted by Gasteiger charge is 2.17. The summed E-state index contributed by atoms with van der Waals surface area (Å²) in [4.78, 5) is 18.0. The van der Waals surface area contributed by atoms with E-state index in [1.807, 2.05) is 19.2 Å². The zero-order valence-corrected chi connectivity index (χ0v) is 12.0. The summed E-state index contributed by atoms with van der Waals surface area (Å²) in [6.45, 7) is 3.58. The van der Waals surface area contributed by atoms with Crippen molar-refractivity contribution in [2.24, 2.45) is 5.92 Å². The van der Waals surface area contributed by atoms with Crippen LogP contribution in [-0.2, 0) is 16.1 Å². The summed E-state index contributed by atoms with van der Waals surface area (Å²) >= 11 is 0. The van der Waals surface area contributed by atoms with Crippen LogP contribution in [0.1, 0.15) is 18.4 Å². The molecule has 2 rings (SSSR count). The van der Waals surface area contributed by atoms with Crippen LogP contribution in [0.3, 0.4) is 0 Å². The Morgan fingerprint density at radius 1 is 1.60 bits per heavy atom. The Morgan fingerprint density at radius 3 is 3.20 bits per heavy atom. The maximum Gasteiger partial charge on any atom is 0.234 e. The van der Waals surface area contributed by atoms with Gasteiger partial charge >= 0.3 is 0 Å². The van der Waals surface area contributed by atoms with Crippen LogP contribution in [0.15, 0.2) is 24.5 Å². The first-order valence-electron chi connectivity index (χ1n) is 7.16. The van der Waals surface area contributed by atoms with E-state index in [4.69, 9.17) is 4.74 Å². The highest BCUT2D eigenvalue weighted by molar-refractivity contribution is 5.77. The molecule has 20 heavy (non-hydrogen) atoms. The fourth-order valence-corrected chi connectivity index (χ4v) is 2.46. The van der Waals surface area contributed by atoms with Crippen molar-refractivity contribution in [2.45, 2.75) is 19.4 Å². The van der Waals surface area contributed by atoms with Crippen LogP contribution in [0.2, 0.25) is 0 Å². The summed E-state index contributed by atoms with van der Waals surface area (Å²) in [7, 11) is 1.98. The van der Waals surface area contributed by atoms with E-state index in [2.05, 4.69) is 15.2 Å². The second-order valence-corrected chi connectivity index (χ2v) is 5.42. The average molecular weight is 277 g/mol. The Labute approximate surface area is 120 Å². The summed E-state index contributed by atoms with van der Waals surface area (Å²) in [5, 5.41) is 2.92. The summed E-state index contributed by atoms with van der Waals surface area (Å²) in [5.74, 6) is 0.605. The van der Waals surface area contributed by atoms with Gasteiger partial charge in [-0.25, -0.2) is 0 Å². The normalized spacial score (nSPS) is 19.0. The number of carbonyl (C=O) groups excluding carboxylic acids is 1. The van der Waals surface area contributed by atoms with Gasteiger partial charge < -0.3 is 10.1 Å². The summed E-state index contributed by atoms with van der Waals surface area (Å²) < 4.78 is 5.46. The van der Waals surface area contributed by atoms with E-state index < -0.39 is 0 Å². The van der Waals surface area contributed by atoms with Gasteiger partial charge in [0.15, 0.2) is 0 Å². The van der Waals surface area contributed by atoms with Crippen LogP contribution in [0.4, 0.5) is 0 Å². The number of pyridine rings is 1. The predicted molar refractivity (Wildman–Crippen MR) is 77.1 cm³/mol. The van der Waals surface area contributed by atoms with Crippen LogP contribution in [0.25, 0.3) is 0 Å². The molecule has 5 heteroatoms. The lowest BCUT2D eigenvalue weighted by Crippen LogP contribution is -2.38. The van der Waals surface area contributed by atoms with Crippen molar-refractivity contribution in [3.63, 3.8) is 0 Å². The first kappa shape index (κ1) is 14.9. The Kier molecular flexibility index (Phi) is 5.95. The minimum absolute atomic E-state index is 0.0491. The number of carbonyl (C=O) groups is 1. The standard InChI is InChI=1S/C15H23N3O2/c1-18(10-14-5-3-7-20-12-14)11-15(19)17-9-13-4-2-6-16-8-13/h2,4,6,8,14H,3,5,7,9-12H2,1H3,(H,17,19)/t14-/m0/s1. The third-order valence-corrected chi connectivity index (χ3v) is 3.45. The van der Waals surface area contributed by atoms with E-state index in [9.17, 15) is 4.79 Å². The number of ether oxygens (including phenoxy) is 1. The number of amides is 1. The molecule has 1 aromatic heterocycles. The van der Waals surface area contributed by atoms with Crippen LogP contribution >= 0.6 is 0 Å². The van der Waals surface area contributed by atoms with Gasteiger partial charge in [0.25, 0.3) is 0 Å². The van der Waals surface area contributed by atoms with Crippen LogP contribution in [0, 0.1) is 5.92 Å². The van der Waals surface area contributed by atoms with Crippen molar-refractivity contribution in [1.29, 1.82) is 0 Å². The van der Waals surface area contributed by atoms with Gasteiger partial charge in [0.2, 0.25) is 5.91 Å². The number of likely N-dealkylation sites (N-methyl/N-ethyl adjacent to an activating group) is 1. The van der Waals surface area contributed by atoms with Gasteiger partial charge in [-0.3, -0.25) is 14.7 Å². The lowest BCUT2D eigenvalue weighted by molar-refractivity contribution is -0.122. The van der Waals surface area contributed by atoms with E-state index in [1.165, 1.54) is 6.42 Å². The lowest BCUT2D eigenvalue weighted by Gasteiger charge is -2.26. The molecule has 110 valence electrons. The SMILES string of the molecule is CN(CC(=O)NCc1cccnc1)C[C@@H]1CCCOC1. The fourth-order valence-electron chi connectivity index (χ4n) is 2.46. The second-order valence-electron chi connectivity index (χ2n) is 5.42. The lowest BCUT2D eigenvalue weighted by atomic mass is 10.0. The molecule has 0 radical (unpaired) electrons. The second kappa shape index (κ2) is 7.97. The van der Waals surface area contributed by atoms with Crippen LogP contribution in [0.5, 0.6) is 0 Å². The first-order valence-corrected chi connectivity index (χ1v) is 7.16. The van der Waals surface area contributed by atoms with Gasteiger partial charge in [-0.2, -0.15) is 0 Å². The highest BCUT2D eigenvalue weighted by atomic mass is 16.5. The third kappa shape index (κ3) is 5.27. The Balaban J connectivity index is 1.65. The van der Waals surface area contributed by atoms with Gasteiger partial charge in [0, 0.05) is 32.1 Å². The molecule has 5 nitrogen and oxygen atoms in total. The zero-order valence-electron chi connectivity index (χ0n) is 12.0. The summed E-state index contributed by atoms with van der Waals surface area (Å²) in [6.07, 6.45) is 5.82. The van der Waals surface area contributed by atoms with Crippen LogP contribution in [-0.4, -0.2) is 49.1 Å². The fraction of sp³-hybridized carbons (Fsp3) is 0.600. The van der Waals surface area contributed by atoms with E-state index >= 15 is 0 Å². The monoisotopic (exact) mass is 277 g/mol. The molecule has 0 aromatic carbocycles. The Hall–Kier alpha value is -1.46. The molecule has 1 fully saturated rings. The number of aromatic nitrogens is 1. The number of nitrogens with zero attached hydrogens (tertiary/aromatic N) is 2. The van der Waals surface area contributed by atoms with Crippen molar-refractivity contribution in [2.75, 3.05) is 33.4 Å². The topological polar surface area (TPSA) is 54.5 Å². The molecule has 1 aromatic rings. The third-order valence-electron chi connectivity index (χ3n) is 3.45. The van der Waals surface area contributed by atoms with E-state index in [1.54, 1.807) is 12.4 Å². The molecule has 0 aliphatic carbocycles. The van der Waals surface area contributed by atoms with E-state index in [0.29, 0.717) is 19.0 Å². The first-order chi connectivity index (χ1) is 9.74. The zero-order chi connectivity index (χ0) is 14.2. The number of nitrogens with one attached hydrogen (secondary N) is 1. The molecule has 1 N–H and O–H groups in total. The predicted octanol–water partition coefficient (Wildman–Crippen LogP) is 1.06. The van der Waals surface area contributed by atoms with Gasteiger partial charge in [-0.05, 0) is 37.4 Å². The maximum absolute atomic E-state index is 11.9. The molecule has 2 heterocycles. The minimum Gasteiger partial charge on any atom is -0.381 e. The molecule has 1 aliphatic heterocycles. The van der Waals surface area contributed by atoms with Gasteiger partial charge in [0.05, 0.1) is 13.2 Å². The molecule has 1 amide bonds. The van der Waals surface area contributed by atoms with E-state index in [0.717, 1.165) is 31.7 Å². The smallest absolute Gasteiger partial charge is 0.234 e. The highest BCUT2D eigenvalue weighted by Crippen LogP contribution is 2.14. The van der Waals surface area contributed by atoms with E-state index in [-0.39, 0.29) is 5.91 Å². The molecule has 1 atom stereocenters. The van der Waals surface area contributed by atoms with Crippen molar-refractivity contribution in [3.8, 4) is 0 Å². The van der Waals surface area contributed by atoms with Gasteiger partial charge in [-0.15, -0.1) is 0 Å². The molecule has 0 spiro atoms. The molecule has 0 unspecified atom stereocenters. The summed E-state index contributed by atoms with van der Waals surface area (Å²) in [5.41, 5.74) is 1.02. The Morgan fingerprint density at radius 2 is 2.50 bits per heavy atom. The number of rotatable bonds is 6. The van der Waals surface area contributed by atoms with Crippen molar-refractivity contribution in [1.82, 2.24) is 15.2 Å². The minimum atomic E-state index is 0.0491. The van der Waals surface area contributed by atoms with Crippen molar-refractivity contribution < 1.29 is 9.53 Å². The molecule has 0 bridgehead atoms. The van der Waals surface area contributed by atoms with Gasteiger partial charge in [-0.1, -0.05) is 6.07 Å². The average Bonchev–Trinajstić information content (AvgIpc) is 2.47. The van der Waals surface area contributed by atoms with Crippen LogP contribution < -0.4 is 5.32 Å². The maximum atomic E-state index is 11.9. The number of hydrogen-bond acceptors (Lipinski definition) is 4. The Bertz CT molecular complexity index is 405. The van der Waals surface area contributed by atoms with Gasteiger partial charge in [0.1, 0.15) is 0 Å². The molecule has 1 aliphatic rings. The molecular weight excluding hydrogens is 254 g/mol.